The van der Waals surface area contributed by atoms with E-state index in [-0.39, 0.29) is 20.0 Å². The summed E-state index contributed by atoms with van der Waals surface area (Å²) in [4.78, 5) is 7.51. The minimum absolute atomic E-state index is 0. The van der Waals surface area contributed by atoms with Gasteiger partial charge in [-0.15, -0.1) is 15.3 Å². The Bertz CT molecular complexity index is 584. The van der Waals surface area contributed by atoms with Gasteiger partial charge in [0.2, 0.25) is 0 Å². The Morgan fingerprint density at radius 1 is 0.800 bits per heavy atom. The van der Waals surface area contributed by atoms with Crippen molar-refractivity contribution in [3.63, 3.8) is 0 Å². The minimum Gasteiger partial charge on any atom is -0.246 e. The van der Waals surface area contributed by atoms with Crippen molar-refractivity contribution in [1.82, 2.24) is 9.97 Å². The topological polar surface area (TPSA) is 25.8 Å². The van der Waals surface area contributed by atoms with Gasteiger partial charge in [-0.2, -0.15) is 0 Å². The molecule has 0 fully saturated rings. The Morgan fingerprint density at radius 3 is 1.44 bits per heavy atom. The number of aromatic nitrogens is 2. The van der Waals surface area contributed by atoms with E-state index >= 15 is 0 Å². The summed E-state index contributed by atoms with van der Waals surface area (Å²) in [6.45, 7) is 5.93. The van der Waals surface area contributed by atoms with E-state index in [1.54, 1.807) is 12.1 Å². The van der Waals surface area contributed by atoms with E-state index in [2.05, 4.69) is 60.8 Å². The van der Waals surface area contributed by atoms with E-state index in [1.165, 1.54) is 12.4 Å². The highest BCUT2D eigenvalue weighted by atomic mass is 79.9. The van der Waals surface area contributed by atoms with Crippen LogP contribution in [0.5, 0.6) is 0 Å². The first-order valence-electron chi connectivity index (χ1n) is 6.02. The van der Waals surface area contributed by atoms with Gasteiger partial charge >= 0.3 is 0 Å². The Morgan fingerprint density at radius 2 is 1.16 bits per heavy atom. The van der Waals surface area contributed by atoms with Crippen molar-refractivity contribution in [2.24, 2.45) is 0 Å². The summed E-state index contributed by atoms with van der Waals surface area (Å²) >= 11 is 34.3. The van der Waals surface area contributed by atoms with Crippen molar-refractivity contribution in [3.8, 4) is 0 Å². The van der Waals surface area contributed by atoms with Crippen LogP contribution in [0.2, 0.25) is 44.9 Å². The average molecular weight is 595 g/mol. The van der Waals surface area contributed by atoms with E-state index in [0.29, 0.717) is 24.7 Å². The fraction of sp³-hybridized carbons (Fsp3) is 0.333. The van der Waals surface area contributed by atoms with E-state index in [9.17, 15) is 0 Å². The zero-order chi connectivity index (χ0) is 18.2. The van der Waals surface area contributed by atoms with Gasteiger partial charge in [0.1, 0.15) is 16.4 Å². The van der Waals surface area contributed by atoms with Crippen LogP contribution in [0.25, 0.3) is 0 Å². The highest BCUT2D eigenvalue weighted by Crippen LogP contribution is 2.22. The van der Waals surface area contributed by atoms with Gasteiger partial charge in [0.15, 0.2) is 0 Å². The number of rotatable bonds is 0. The van der Waals surface area contributed by atoms with Crippen LogP contribution in [-0.4, -0.2) is 16.7 Å². The van der Waals surface area contributed by atoms with Gasteiger partial charge in [0, 0.05) is 12.4 Å². The lowest BCUT2D eigenvalue weighted by atomic mass is 10.5. The molecule has 2 aromatic rings. The first-order valence-corrected chi connectivity index (χ1v) is 14.5. The molecule has 2 rings (SSSR count). The van der Waals surface area contributed by atoms with Crippen LogP contribution >= 0.6 is 89.2 Å². The molecule has 144 valence electrons. The van der Waals surface area contributed by atoms with Crippen molar-refractivity contribution in [1.29, 1.82) is 0 Å². The zero-order valence-electron chi connectivity index (χ0n) is 12.3. The molecule has 0 aliphatic rings. The van der Waals surface area contributed by atoms with Crippen LogP contribution in [0.4, 0.5) is 0 Å². The Balaban J connectivity index is -0.000000291. The summed E-state index contributed by atoms with van der Waals surface area (Å²) in [5, 5.41) is 2.22. The predicted octanol–water partition coefficient (Wildman–Crippen LogP) is 9.68. The third-order valence-corrected chi connectivity index (χ3v) is 3.77. The van der Waals surface area contributed by atoms with E-state index in [1.807, 2.05) is 0 Å². The summed E-state index contributed by atoms with van der Waals surface area (Å²) in [5.41, 5.74) is 0. The molecule has 2 aromatic heterocycles. The molecule has 0 amide bonds. The third-order valence-electron chi connectivity index (χ3n) is 1.53. The van der Waals surface area contributed by atoms with Crippen LogP contribution in [0.1, 0.15) is 14.9 Å². The maximum atomic E-state index is 5.62. The Kier molecular flexibility index (Phi) is 18.3. The number of hydrogen-bond donors (Lipinski definition) is 0. The van der Waals surface area contributed by atoms with Crippen LogP contribution in [0.3, 0.4) is 0 Å². The quantitative estimate of drug-likeness (QED) is 0.172. The molecule has 0 saturated carbocycles. The first-order chi connectivity index (χ1) is 10.4. The van der Waals surface area contributed by atoms with Gasteiger partial charge in [-0.3, -0.25) is 0 Å². The average Bonchev–Trinajstić information content (AvgIpc) is 2.38. The summed E-state index contributed by atoms with van der Waals surface area (Å²) < 4.78 is 0.619. The van der Waals surface area contributed by atoms with Crippen molar-refractivity contribution in [2.75, 3.05) is 0 Å². The van der Waals surface area contributed by atoms with Gasteiger partial charge in [-0.1, -0.05) is 92.5 Å². The monoisotopic (exact) mass is 590 g/mol. The van der Waals surface area contributed by atoms with Gasteiger partial charge in [-0.05, 0) is 28.1 Å². The molecule has 0 spiro atoms. The van der Waals surface area contributed by atoms with E-state index in [4.69, 9.17) is 58.0 Å². The number of pyridine rings is 2. The highest BCUT2D eigenvalue weighted by Gasteiger charge is 2.03. The Hall–Kier alpha value is 0.927. The van der Waals surface area contributed by atoms with Gasteiger partial charge in [0.05, 0.1) is 20.1 Å². The molecule has 0 atom stereocenters. The second kappa shape index (κ2) is 14.9. The normalized spacial score (nSPS) is 9.36. The highest BCUT2D eigenvalue weighted by molar-refractivity contribution is 9.26. The van der Waals surface area contributed by atoms with Crippen LogP contribution in [0, 0.1) is 0 Å². The maximum Gasteiger partial charge on any atom is 0.147 e. The van der Waals surface area contributed by atoms with Crippen LogP contribution < -0.4 is 0 Å². The second-order valence-corrected chi connectivity index (χ2v) is 19.0. The Labute approximate surface area is 193 Å². The largest absolute Gasteiger partial charge is 0.246 e. The molecule has 25 heavy (non-hydrogen) atoms. The molecule has 0 bridgehead atoms. The smallest absolute Gasteiger partial charge is 0.147 e. The molecule has 0 radical (unpaired) electrons. The standard InChI is InChI=1S/C5H2BrCl2N.C5H2Cl3N.C3H9BrSi.2CH4/c6-5-4(8)1-3(7)2-9-5;6-3-1-4(7)5(8)9-2-3;1-5(2,3)4;;/h2*1-2H;1-3H3;2*1H4. The van der Waals surface area contributed by atoms with Gasteiger partial charge < -0.3 is 0 Å². The predicted molar refractivity (Wildman–Crippen MR) is 127 cm³/mol. The number of hydrogen-bond acceptors (Lipinski definition) is 2. The maximum absolute atomic E-state index is 5.62. The summed E-state index contributed by atoms with van der Waals surface area (Å²) in [7, 11) is 0. The third kappa shape index (κ3) is 18.1. The van der Waals surface area contributed by atoms with Crippen LogP contribution in [-0.2, 0) is 0 Å². The van der Waals surface area contributed by atoms with Gasteiger partial charge in [0.25, 0.3) is 0 Å². The molecule has 0 saturated heterocycles. The molecule has 0 aliphatic carbocycles. The number of nitrogens with zero attached hydrogens (tertiary/aromatic N) is 2. The lowest BCUT2D eigenvalue weighted by Gasteiger charge is -1.98. The second-order valence-electron chi connectivity index (χ2n) is 4.92. The minimum atomic E-state index is -0.799. The molecular weight excluding hydrogens is 573 g/mol. The molecular formula is C15H21Br2Cl5N2Si. The summed E-state index contributed by atoms with van der Waals surface area (Å²) in [6, 6.07) is 3.17. The molecule has 2 heterocycles. The van der Waals surface area contributed by atoms with E-state index in [0.717, 1.165) is 0 Å². The van der Waals surface area contributed by atoms with Crippen molar-refractivity contribution >= 4 is 95.9 Å². The lowest BCUT2D eigenvalue weighted by molar-refractivity contribution is 1.28. The molecule has 0 aliphatic heterocycles. The summed E-state index contributed by atoms with van der Waals surface area (Å²) in [6.07, 6.45) is 2.97. The van der Waals surface area contributed by atoms with E-state index < -0.39 is 6.69 Å². The van der Waals surface area contributed by atoms with Crippen LogP contribution in [0.15, 0.2) is 29.1 Å². The summed E-state index contributed by atoms with van der Waals surface area (Å²) in [5.74, 6) is 0. The van der Waals surface area contributed by atoms with Crippen molar-refractivity contribution in [2.45, 2.75) is 34.5 Å². The lowest BCUT2D eigenvalue weighted by Crippen LogP contribution is -2.05. The zero-order valence-corrected chi connectivity index (χ0v) is 20.3. The fourth-order valence-electron chi connectivity index (χ4n) is 0.796. The SMILES string of the molecule is C.C.C[Si](C)(C)Br.Clc1cnc(Br)c(Cl)c1.Clc1cnc(Cl)c(Cl)c1. The van der Waals surface area contributed by atoms with Gasteiger partial charge in [-0.25, -0.2) is 9.97 Å². The molecule has 0 aromatic carbocycles. The number of halogens is 7. The first kappa shape index (κ1) is 30.6. The molecule has 10 heteroatoms. The van der Waals surface area contributed by atoms with Crippen molar-refractivity contribution in [3.05, 3.63) is 54.4 Å². The molecule has 0 N–H and O–H groups in total. The van der Waals surface area contributed by atoms with Crippen molar-refractivity contribution < 1.29 is 0 Å². The fourth-order valence-corrected chi connectivity index (χ4v) is 1.88. The molecule has 2 nitrogen and oxygen atoms in total. The molecule has 0 unspecified atom stereocenters.